The quantitative estimate of drug-likeness (QED) is 0.634. The van der Waals surface area contributed by atoms with E-state index in [-0.39, 0.29) is 24.9 Å². The van der Waals surface area contributed by atoms with E-state index < -0.39 is 11.6 Å². The molecule has 0 bridgehead atoms. The van der Waals surface area contributed by atoms with Gasteiger partial charge in [0.05, 0.1) is 12.1 Å². The van der Waals surface area contributed by atoms with E-state index in [1.807, 2.05) is 6.92 Å². The molecule has 0 aromatic rings. The van der Waals surface area contributed by atoms with Crippen molar-refractivity contribution in [2.75, 3.05) is 20.1 Å². The van der Waals surface area contributed by atoms with Crippen molar-refractivity contribution in [3.63, 3.8) is 0 Å². The number of nitrogens with one attached hydrogen (secondary N) is 1. The van der Waals surface area contributed by atoms with Crippen molar-refractivity contribution < 1.29 is 19.8 Å². The highest BCUT2D eigenvalue weighted by molar-refractivity contribution is 5.74. The predicted molar refractivity (Wildman–Crippen MR) is 68.4 cm³/mol. The minimum Gasteiger partial charge on any atom is -0.481 e. The molecule has 0 aliphatic rings. The molecule has 0 aromatic carbocycles. The molecule has 1 atom stereocenters. The van der Waals surface area contributed by atoms with Gasteiger partial charge in [0.1, 0.15) is 0 Å². The van der Waals surface area contributed by atoms with Gasteiger partial charge in [-0.25, -0.2) is 4.79 Å². The Morgan fingerprint density at radius 1 is 1.39 bits per heavy atom. The number of carboxylic acids is 1. The second kappa shape index (κ2) is 7.20. The molecule has 0 saturated carbocycles. The van der Waals surface area contributed by atoms with Gasteiger partial charge in [-0.2, -0.15) is 0 Å². The fourth-order valence-electron chi connectivity index (χ4n) is 1.63. The molecule has 0 saturated heterocycles. The summed E-state index contributed by atoms with van der Waals surface area (Å²) in [6.45, 7) is 5.68. The van der Waals surface area contributed by atoms with Gasteiger partial charge in [0.15, 0.2) is 0 Å². The van der Waals surface area contributed by atoms with Gasteiger partial charge in [0.2, 0.25) is 0 Å². The van der Waals surface area contributed by atoms with Crippen LogP contribution < -0.4 is 5.32 Å². The molecule has 0 aromatic heterocycles. The maximum atomic E-state index is 11.7. The van der Waals surface area contributed by atoms with Gasteiger partial charge in [-0.05, 0) is 19.8 Å². The van der Waals surface area contributed by atoms with Gasteiger partial charge >= 0.3 is 12.0 Å². The smallest absolute Gasteiger partial charge is 0.317 e. The molecular formula is C12H24N2O4. The third-order valence-electron chi connectivity index (χ3n) is 2.55. The van der Waals surface area contributed by atoms with Crippen LogP contribution in [0.4, 0.5) is 4.79 Å². The molecule has 0 rings (SSSR count). The molecule has 1 unspecified atom stereocenters. The number of rotatable bonds is 7. The molecule has 0 aliphatic heterocycles. The van der Waals surface area contributed by atoms with Crippen molar-refractivity contribution in [2.24, 2.45) is 5.92 Å². The molecule has 6 heteroatoms. The monoisotopic (exact) mass is 260 g/mol. The Hall–Kier alpha value is -1.30. The Balaban J connectivity index is 4.11. The molecule has 0 spiro atoms. The highest BCUT2D eigenvalue weighted by Crippen LogP contribution is 2.07. The van der Waals surface area contributed by atoms with Crippen molar-refractivity contribution >= 4 is 12.0 Å². The van der Waals surface area contributed by atoms with Crippen molar-refractivity contribution in [3.05, 3.63) is 0 Å². The Labute approximate surface area is 108 Å². The van der Waals surface area contributed by atoms with Gasteiger partial charge < -0.3 is 20.4 Å². The van der Waals surface area contributed by atoms with Crippen LogP contribution >= 0.6 is 0 Å². The molecule has 2 amide bonds. The summed E-state index contributed by atoms with van der Waals surface area (Å²) in [4.78, 5) is 23.6. The van der Waals surface area contributed by atoms with E-state index in [9.17, 15) is 14.7 Å². The summed E-state index contributed by atoms with van der Waals surface area (Å²) in [5.41, 5.74) is -0.947. The SMILES string of the molecule is CCC(CNC(=O)N(C)CC(C)(C)O)CC(=O)O. The highest BCUT2D eigenvalue weighted by atomic mass is 16.4. The second-order valence-corrected chi connectivity index (χ2v) is 5.23. The number of hydrogen-bond acceptors (Lipinski definition) is 3. The summed E-state index contributed by atoms with van der Waals surface area (Å²) in [6, 6.07) is -0.305. The minimum atomic E-state index is -0.947. The number of carboxylic acid groups (broad SMARTS) is 1. The summed E-state index contributed by atoms with van der Waals surface area (Å²) < 4.78 is 0. The molecule has 0 fully saturated rings. The molecule has 0 aliphatic carbocycles. The van der Waals surface area contributed by atoms with Crippen LogP contribution in [0.1, 0.15) is 33.6 Å². The van der Waals surface area contributed by atoms with Gasteiger partial charge in [-0.1, -0.05) is 13.3 Å². The summed E-state index contributed by atoms with van der Waals surface area (Å²) in [5.74, 6) is -0.928. The first-order chi connectivity index (χ1) is 8.15. The first-order valence-electron chi connectivity index (χ1n) is 6.09. The Morgan fingerprint density at radius 3 is 2.33 bits per heavy atom. The maximum absolute atomic E-state index is 11.7. The van der Waals surface area contributed by atoms with E-state index in [4.69, 9.17) is 5.11 Å². The Kier molecular flexibility index (Phi) is 6.68. The van der Waals surface area contributed by atoms with E-state index in [0.717, 1.165) is 0 Å². The standard InChI is InChI=1S/C12H24N2O4/c1-5-9(6-10(15)16)7-13-11(17)14(4)8-12(2,3)18/h9,18H,5-8H2,1-4H3,(H,13,17)(H,15,16). The third kappa shape index (κ3) is 7.89. The summed E-state index contributed by atoms with van der Waals surface area (Å²) in [7, 11) is 1.59. The number of aliphatic carboxylic acids is 1. The average molecular weight is 260 g/mol. The summed E-state index contributed by atoms with van der Waals surface area (Å²) in [6.07, 6.45) is 0.744. The maximum Gasteiger partial charge on any atom is 0.317 e. The van der Waals surface area contributed by atoms with E-state index >= 15 is 0 Å². The van der Waals surface area contributed by atoms with Crippen LogP contribution in [-0.4, -0.2) is 52.9 Å². The van der Waals surface area contributed by atoms with Crippen LogP contribution in [0.15, 0.2) is 0 Å². The lowest BCUT2D eigenvalue weighted by Gasteiger charge is -2.26. The van der Waals surface area contributed by atoms with Crippen molar-refractivity contribution in [1.29, 1.82) is 0 Å². The number of urea groups is 1. The molecule has 18 heavy (non-hydrogen) atoms. The van der Waals surface area contributed by atoms with Gasteiger partial charge in [-0.15, -0.1) is 0 Å². The van der Waals surface area contributed by atoms with Crippen LogP contribution in [0, 0.1) is 5.92 Å². The lowest BCUT2D eigenvalue weighted by molar-refractivity contribution is -0.138. The lowest BCUT2D eigenvalue weighted by Crippen LogP contribution is -2.45. The second-order valence-electron chi connectivity index (χ2n) is 5.23. The molecule has 3 N–H and O–H groups in total. The van der Waals surface area contributed by atoms with Crippen molar-refractivity contribution in [3.8, 4) is 0 Å². The Morgan fingerprint density at radius 2 is 1.94 bits per heavy atom. The van der Waals surface area contributed by atoms with Gasteiger partial charge in [0.25, 0.3) is 0 Å². The van der Waals surface area contributed by atoms with Crippen LogP contribution in [0.5, 0.6) is 0 Å². The van der Waals surface area contributed by atoms with Crippen molar-refractivity contribution in [2.45, 2.75) is 39.2 Å². The topological polar surface area (TPSA) is 89.9 Å². The molecule has 106 valence electrons. The number of amides is 2. The first-order valence-corrected chi connectivity index (χ1v) is 6.09. The zero-order valence-electron chi connectivity index (χ0n) is 11.6. The molecule has 0 heterocycles. The van der Waals surface area contributed by atoms with E-state index in [1.165, 1.54) is 4.90 Å². The average Bonchev–Trinajstić information content (AvgIpc) is 2.20. The van der Waals surface area contributed by atoms with Crippen LogP contribution in [0.3, 0.4) is 0 Å². The van der Waals surface area contributed by atoms with Crippen molar-refractivity contribution in [1.82, 2.24) is 10.2 Å². The normalized spacial score (nSPS) is 12.9. The van der Waals surface area contributed by atoms with Crippen LogP contribution in [-0.2, 0) is 4.79 Å². The van der Waals surface area contributed by atoms with E-state index in [0.29, 0.717) is 13.0 Å². The predicted octanol–water partition coefficient (Wildman–Crippen LogP) is 0.900. The van der Waals surface area contributed by atoms with E-state index in [1.54, 1.807) is 20.9 Å². The summed E-state index contributed by atoms with van der Waals surface area (Å²) in [5, 5.41) is 20.9. The van der Waals surface area contributed by atoms with Gasteiger partial charge in [0, 0.05) is 20.0 Å². The highest BCUT2D eigenvalue weighted by Gasteiger charge is 2.20. The first kappa shape index (κ1) is 16.7. The number of carbonyl (C=O) groups is 2. The fourth-order valence-corrected chi connectivity index (χ4v) is 1.63. The number of likely N-dealkylation sites (N-methyl/N-ethyl adjacent to an activating group) is 1. The zero-order chi connectivity index (χ0) is 14.3. The number of carbonyl (C=O) groups excluding carboxylic acids is 1. The lowest BCUT2D eigenvalue weighted by atomic mass is 10.0. The zero-order valence-corrected chi connectivity index (χ0v) is 11.6. The Bertz CT molecular complexity index is 286. The number of hydrogen-bond donors (Lipinski definition) is 3. The summed E-state index contributed by atoms with van der Waals surface area (Å²) >= 11 is 0. The third-order valence-corrected chi connectivity index (χ3v) is 2.55. The largest absolute Gasteiger partial charge is 0.481 e. The van der Waals surface area contributed by atoms with Gasteiger partial charge in [-0.3, -0.25) is 4.79 Å². The van der Waals surface area contributed by atoms with Crippen LogP contribution in [0.2, 0.25) is 0 Å². The van der Waals surface area contributed by atoms with Crippen LogP contribution in [0.25, 0.3) is 0 Å². The molecule has 6 nitrogen and oxygen atoms in total. The minimum absolute atomic E-state index is 0.0476. The molecule has 0 radical (unpaired) electrons. The van der Waals surface area contributed by atoms with E-state index in [2.05, 4.69) is 5.32 Å². The molecular weight excluding hydrogens is 236 g/mol. The number of nitrogens with zero attached hydrogens (tertiary/aromatic N) is 1. The number of aliphatic hydroxyl groups is 1. The fraction of sp³-hybridized carbons (Fsp3) is 0.833.